The highest BCUT2D eigenvalue weighted by atomic mass is 32.2. The Morgan fingerprint density at radius 2 is 1.79 bits per heavy atom. The molecule has 0 amide bonds. The van der Waals surface area contributed by atoms with Crippen LogP contribution in [0.3, 0.4) is 0 Å². The van der Waals surface area contributed by atoms with Crippen LogP contribution in [0.1, 0.15) is 25.7 Å². The summed E-state index contributed by atoms with van der Waals surface area (Å²) in [5, 5.41) is 7.17. The zero-order valence-corrected chi connectivity index (χ0v) is 9.74. The molecule has 0 bridgehead atoms. The van der Waals surface area contributed by atoms with Crippen molar-refractivity contribution < 1.29 is 0 Å². The fraction of sp³-hybridized carbons (Fsp3) is 1.00. The summed E-state index contributed by atoms with van der Waals surface area (Å²) in [6.45, 7) is 3.72. The molecule has 0 unspecified atom stereocenters. The van der Waals surface area contributed by atoms with Gasteiger partial charge in [0.05, 0.1) is 0 Å². The molecule has 3 heteroatoms. The molecule has 2 saturated heterocycles. The largest absolute Gasteiger partial charge is 0.317 e. The first-order chi connectivity index (χ1) is 6.95. The number of rotatable bonds is 3. The number of thioether (sulfide) groups is 1. The molecule has 0 aromatic heterocycles. The van der Waals surface area contributed by atoms with Gasteiger partial charge in [0.15, 0.2) is 0 Å². The van der Waals surface area contributed by atoms with Gasteiger partial charge in [-0.3, -0.25) is 0 Å². The Hall–Kier alpha value is 0.270. The summed E-state index contributed by atoms with van der Waals surface area (Å²) in [6.07, 6.45) is 5.51. The second kappa shape index (κ2) is 5.99. The Morgan fingerprint density at radius 1 is 1.07 bits per heavy atom. The highest BCUT2D eigenvalue weighted by Crippen LogP contribution is 2.18. The molecule has 14 heavy (non-hydrogen) atoms. The van der Waals surface area contributed by atoms with Gasteiger partial charge in [0.25, 0.3) is 0 Å². The third kappa shape index (κ3) is 3.44. The normalized spacial score (nSPS) is 26.6. The summed E-state index contributed by atoms with van der Waals surface area (Å²) in [7, 11) is 0. The third-order valence-electron chi connectivity index (χ3n) is 3.38. The van der Waals surface area contributed by atoms with Gasteiger partial charge in [0.2, 0.25) is 0 Å². The van der Waals surface area contributed by atoms with E-state index >= 15 is 0 Å². The molecule has 2 fully saturated rings. The molecule has 2 rings (SSSR count). The lowest BCUT2D eigenvalue weighted by molar-refractivity contribution is 0.334. The summed E-state index contributed by atoms with van der Waals surface area (Å²) in [4.78, 5) is 0. The fourth-order valence-corrected chi connectivity index (χ4v) is 3.43. The van der Waals surface area contributed by atoms with Gasteiger partial charge >= 0.3 is 0 Å². The average Bonchev–Trinajstić information content (AvgIpc) is 2.29. The van der Waals surface area contributed by atoms with E-state index in [1.54, 1.807) is 0 Å². The van der Waals surface area contributed by atoms with E-state index in [1.165, 1.54) is 56.8 Å². The van der Waals surface area contributed by atoms with Crippen LogP contribution in [0.4, 0.5) is 0 Å². The number of piperidine rings is 1. The highest BCUT2D eigenvalue weighted by Gasteiger charge is 2.16. The first kappa shape index (κ1) is 10.8. The van der Waals surface area contributed by atoms with Crippen LogP contribution in [0.5, 0.6) is 0 Å². The van der Waals surface area contributed by atoms with Crippen LogP contribution < -0.4 is 10.6 Å². The molecule has 0 aromatic rings. The first-order valence-corrected chi connectivity index (χ1v) is 7.12. The van der Waals surface area contributed by atoms with Crippen LogP contribution in [0.25, 0.3) is 0 Å². The highest BCUT2D eigenvalue weighted by molar-refractivity contribution is 7.99. The molecule has 0 aromatic carbocycles. The maximum atomic E-state index is 3.75. The van der Waals surface area contributed by atoms with E-state index in [4.69, 9.17) is 0 Å². The van der Waals surface area contributed by atoms with E-state index in [9.17, 15) is 0 Å². The Morgan fingerprint density at radius 3 is 2.50 bits per heavy atom. The van der Waals surface area contributed by atoms with Crippen LogP contribution in [0.15, 0.2) is 0 Å². The monoisotopic (exact) mass is 214 g/mol. The van der Waals surface area contributed by atoms with E-state index in [1.807, 2.05) is 0 Å². The van der Waals surface area contributed by atoms with Crippen LogP contribution >= 0.6 is 11.8 Å². The Labute approximate surface area is 91.6 Å². The van der Waals surface area contributed by atoms with Crippen LogP contribution in [-0.2, 0) is 0 Å². The SMILES string of the molecule is C1CC(CNC2CCSCC2)CCN1. The van der Waals surface area contributed by atoms with Crippen LogP contribution in [0, 0.1) is 5.92 Å². The lowest BCUT2D eigenvalue weighted by atomic mass is 9.97. The molecule has 0 saturated carbocycles. The van der Waals surface area contributed by atoms with Gasteiger partial charge in [-0.1, -0.05) is 0 Å². The van der Waals surface area contributed by atoms with Crippen molar-refractivity contribution in [1.82, 2.24) is 10.6 Å². The van der Waals surface area contributed by atoms with E-state index in [-0.39, 0.29) is 0 Å². The van der Waals surface area contributed by atoms with E-state index in [0.29, 0.717) is 0 Å². The van der Waals surface area contributed by atoms with Gasteiger partial charge < -0.3 is 10.6 Å². The molecule has 2 aliphatic rings. The maximum absolute atomic E-state index is 3.75. The molecule has 2 N–H and O–H groups in total. The third-order valence-corrected chi connectivity index (χ3v) is 4.42. The van der Waals surface area contributed by atoms with Crippen molar-refractivity contribution in [2.24, 2.45) is 5.92 Å². The van der Waals surface area contributed by atoms with Gasteiger partial charge in [-0.15, -0.1) is 0 Å². The molecule has 2 aliphatic heterocycles. The first-order valence-electron chi connectivity index (χ1n) is 5.97. The number of hydrogen-bond donors (Lipinski definition) is 2. The average molecular weight is 214 g/mol. The number of nitrogens with one attached hydrogen (secondary N) is 2. The second-order valence-electron chi connectivity index (χ2n) is 4.49. The van der Waals surface area contributed by atoms with E-state index in [0.717, 1.165) is 12.0 Å². The quantitative estimate of drug-likeness (QED) is 0.744. The van der Waals surface area contributed by atoms with Crippen molar-refractivity contribution in [2.75, 3.05) is 31.1 Å². The fourth-order valence-electron chi connectivity index (χ4n) is 2.32. The number of hydrogen-bond acceptors (Lipinski definition) is 3. The van der Waals surface area contributed by atoms with Crippen molar-refractivity contribution in [1.29, 1.82) is 0 Å². The van der Waals surface area contributed by atoms with Gasteiger partial charge in [-0.2, -0.15) is 11.8 Å². The predicted molar refractivity (Wildman–Crippen MR) is 63.9 cm³/mol. The van der Waals surface area contributed by atoms with Crippen molar-refractivity contribution in [3.8, 4) is 0 Å². The van der Waals surface area contributed by atoms with Crippen molar-refractivity contribution in [3.05, 3.63) is 0 Å². The lowest BCUT2D eigenvalue weighted by Gasteiger charge is -2.27. The molecule has 0 spiro atoms. The van der Waals surface area contributed by atoms with Gasteiger partial charge in [-0.25, -0.2) is 0 Å². The molecule has 0 atom stereocenters. The van der Waals surface area contributed by atoms with E-state index < -0.39 is 0 Å². The molecular weight excluding hydrogens is 192 g/mol. The van der Waals surface area contributed by atoms with Crippen LogP contribution in [0.2, 0.25) is 0 Å². The minimum Gasteiger partial charge on any atom is -0.317 e. The molecule has 2 nitrogen and oxygen atoms in total. The zero-order chi connectivity index (χ0) is 9.64. The van der Waals surface area contributed by atoms with E-state index in [2.05, 4.69) is 22.4 Å². The van der Waals surface area contributed by atoms with Gasteiger partial charge in [0, 0.05) is 6.04 Å². The standard InChI is InChI=1S/C11H22N2S/c1-5-12-6-2-10(1)9-13-11-3-7-14-8-4-11/h10-13H,1-9H2. The van der Waals surface area contributed by atoms with Crippen molar-refractivity contribution in [2.45, 2.75) is 31.7 Å². The smallest absolute Gasteiger partial charge is 0.00828 e. The maximum Gasteiger partial charge on any atom is 0.00828 e. The second-order valence-corrected chi connectivity index (χ2v) is 5.71. The summed E-state index contributed by atoms with van der Waals surface area (Å²) in [5.74, 6) is 3.67. The summed E-state index contributed by atoms with van der Waals surface area (Å²) >= 11 is 2.11. The summed E-state index contributed by atoms with van der Waals surface area (Å²) in [6, 6.07) is 0.825. The lowest BCUT2D eigenvalue weighted by Crippen LogP contribution is -2.39. The predicted octanol–water partition coefficient (Wildman–Crippen LogP) is 1.47. The topological polar surface area (TPSA) is 24.1 Å². The summed E-state index contributed by atoms with van der Waals surface area (Å²) < 4.78 is 0. The minimum atomic E-state index is 0.825. The molecule has 0 aliphatic carbocycles. The minimum absolute atomic E-state index is 0.825. The Bertz CT molecular complexity index is 133. The van der Waals surface area contributed by atoms with Crippen molar-refractivity contribution >= 4 is 11.8 Å². The molecule has 2 heterocycles. The molecule has 0 radical (unpaired) electrons. The van der Waals surface area contributed by atoms with Gasteiger partial charge in [0.1, 0.15) is 0 Å². The zero-order valence-electron chi connectivity index (χ0n) is 8.93. The van der Waals surface area contributed by atoms with Gasteiger partial charge in [-0.05, 0) is 62.7 Å². The molecular formula is C11H22N2S. The van der Waals surface area contributed by atoms with Crippen molar-refractivity contribution in [3.63, 3.8) is 0 Å². The molecule has 82 valence electrons. The Kier molecular flexibility index (Phi) is 4.61. The summed E-state index contributed by atoms with van der Waals surface area (Å²) in [5.41, 5.74) is 0. The Balaban J connectivity index is 1.60. The van der Waals surface area contributed by atoms with Crippen LogP contribution in [-0.4, -0.2) is 37.2 Å².